The molecule has 4 heterocycles. The summed E-state index contributed by atoms with van der Waals surface area (Å²) in [5.41, 5.74) is 10.8. The minimum absolute atomic E-state index is 0.0420. The molecule has 2 aromatic heterocycles. The van der Waals surface area contributed by atoms with E-state index in [0.29, 0.717) is 47.7 Å². The maximum Gasteiger partial charge on any atom is 0.219 e. The summed E-state index contributed by atoms with van der Waals surface area (Å²) in [6.07, 6.45) is 5.92. The van der Waals surface area contributed by atoms with Gasteiger partial charge in [-0.2, -0.15) is 10.2 Å². The topological polar surface area (TPSA) is 129 Å². The Kier molecular flexibility index (Phi) is 6.63. The minimum Gasteiger partial charge on any atom is -0.473 e. The number of hydrogen-bond donors (Lipinski definition) is 2. The summed E-state index contributed by atoms with van der Waals surface area (Å²) in [6, 6.07) is 8.49. The van der Waals surface area contributed by atoms with Crippen molar-refractivity contribution in [3.05, 3.63) is 46.2 Å². The first-order chi connectivity index (χ1) is 21.7. The van der Waals surface area contributed by atoms with E-state index in [1.54, 1.807) is 0 Å². The van der Waals surface area contributed by atoms with Crippen molar-refractivity contribution in [3.8, 4) is 23.5 Å². The van der Waals surface area contributed by atoms with Crippen LogP contribution in [0.15, 0.2) is 22.7 Å². The Morgan fingerprint density at radius 1 is 1.20 bits per heavy atom. The van der Waals surface area contributed by atoms with Crippen molar-refractivity contribution in [2.45, 2.75) is 101 Å². The van der Waals surface area contributed by atoms with Crippen molar-refractivity contribution in [2.75, 3.05) is 37.3 Å². The van der Waals surface area contributed by atoms with Crippen molar-refractivity contribution in [1.82, 2.24) is 25.3 Å². The molecule has 236 valence electrons. The van der Waals surface area contributed by atoms with Gasteiger partial charge in [0.2, 0.25) is 5.88 Å². The number of likely N-dealkylation sites (tertiary alicyclic amines) is 1. The van der Waals surface area contributed by atoms with Crippen LogP contribution < -0.4 is 20.7 Å². The fourth-order valence-corrected chi connectivity index (χ4v) is 8.79. The molecule has 5 aliphatic rings. The van der Waals surface area contributed by atoms with Crippen molar-refractivity contribution in [3.63, 3.8) is 0 Å². The number of benzene rings is 1. The van der Waals surface area contributed by atoms with E-state index in [-0.39, 0.29) is 17.7 Å². The molecule has 5 atom stereocenters. The number of anilines is 2. The third-order valence-corrected chi connectivity index (χ3v) is 11.0. The van der Waals surface area contributed by atoms with Crippen LogP contribution in [-0.2, 0) is 18.3 Å². The fourth-order valence-electron chi connectivity index (χ4n) is 8.79. The van der Waals surface area contributed by atoms with Crippen LogP contribution in [0.1, 0.15) is 80.4 Å². The standard InChI is InChI=1S/C34H41FN8O2/c1-19-16-43(18-33(40-19)11-12-33)27-14-28(44-20(2)26-13-22(35)17-42(26)3)39-32(38-27)30-23-5-4-9-34(31(23)45-41-30)10-8-21-6-7-25(37)24(15-36)29(21)34/h6-7,14,19-20,22,26,40H,4-5,8-13,16-18,37H2,1-3H3. The Morgan fingerprint density at radius 3 is 2.80 bits per heavy atom. The predicted octanol–water partition coefficient (Wildman–Crippen LogP) is 4.29. The lowest BCUT2D eigenvalue weighted by Crippen LogP contribution is -2.57. The highest BCUT2D eigenvalue weighted by molar-refractivity contribution is 5.68. The molecule has 2 saturated heterocycles. The van der Waals surface area contributed by atoms with Gasteiger partial charge >= 0.3 is 0 Å². The van der Waals surface area contributed by atoms with E-state index in [1.807, 2.05) is 31.0 Å². The second-order valence-electron chi connectivity index (χ2n) is 14.2. The first kappa shape index (κ1) is 28.7. The largest absolute Gasteiger partial charge is 0.473 e. The normalized spacial score (nSPS) is 29.0. The third-order valence-electron chi connectivity index (χ3n) is 11.0. The predicted molar refractivity (Wildman–Crippen MR) is 168 cm³/mol. The highest BCUT2D eigenvalue weighted by Gasteiger charge is 2.50. The van der Waals surface area contributed by atoms with Gasteiger partial charge in [-0.25, -0.2) is 9.37 Å². The number of halogens is 1. The van der Waals surface area contributed by atoms with Crippen LogP contribution in [0.3, 0.4) is 0 Å². The van der Waals surface area contributed by atoms with Gasteiger partial charge in [-0.15, -0.1) is 0 Å². The summed E-state index contributed by atoms with van der Waals surface area (Å²) in [4.78, 5) is 14.4. The summed E-state index contributed by atoms with van der Waals surface area (Å²) in [5.74, 6) is 2.55. The second kappa shape index (κ2) is 10.4. The zero-order valence-electron chi connectivity index (χ0n) is 26.3. The van der Waals surface area contributed by atoms with Crippen LogP contribution in [0.5, 0.6) is 5.88 Å². The number of nitriles is 1. The molecular weight excluding hydrogens is 571 g/mol. The zero-order chi connectivity index (χ0) is 31.1. The summed E-state index contributed by atoms with van der Waals surface area (Å²) in [6.45, 7) is 6.30. The highest BCUT2D eigenvalue weighted by atomic mass is 19.1. The number of ether oxygens (including phenoxy) is 1. The number of hydrogen-bond acceptors (Lipinski definition) is 10. The van der Waals surface area contributed by atoms with Gasteiger partial charge in [0.1, 0.15) is 24.2 Å². The molecular formula is C34H41FN8O2. The molecule has 8 rings (SSSR count). The number of aromatic nitrogens is 3. The molecule has 1 aromatic carbocycles. The maximum atomic E-state index is 14.3. The minimum atomic E-state index is -0.855. The van der Waals surface area contributed by atoms with E-state index in [1.165, 1.54) is 0 Å². The van der Waals surface area contributed by atoms with Crippen molar-refractivity contribution >= 4 is 11.5 Å². The average Bonchev–Trinajstić information content (AvgIpc) is 3.30. The number of aryl methyl sites for hydroxylation is 1. The lowest BCUT2D eigenvalue weighted by Gasteiger charge is -2.39. The fraction of sp³-hybridized carbons (Fsp3) is 0.588. The molecule has 0 amide bonds. The first-order valence-corrected chi connectivity index (χ1v) is 16.4. The van der Waals surface area contributed by atoms with Gasteiger partial charge < -0.3 is 25.2 Å². The van der Waals surface area contributed by atoms with Crippen molar-refractivity contribution < 1.29 is 13.7 Å². The number of nitrogens with one attached hydrogen (secondary N) is 1. The summed E-state index contributed by atoms with van der Waals surface area (Å²) in [5, 5.41) is 18.5. The monoisotopic (exact) mass is 612 g/mol. The molecule has 0 bridgehead atoms. The number of nitrogens with zero attached hydrogens (tertiary/aromatic N) is 6. The van der Waals surface area contributed by atoms with Crippen molar-refractivity contribution in [2.24, 2.45) is 0 Å². The number of rotatable bonds is 5. The summed E-state index contributed by atoms with van der Waals surface area (Å²) < 4.78 is 27.0. The molecule has 11 heteroatoms. The molecule has 3 aromatic rings. The van der Waals surface area contributed by atoms with Crippen LogP contribution in [0, 0.1) is 11.3 Å². The molecule has 0 radical (unpaired) electrons. The Bertz CT molecular complexity index is 1700. The van der Waals surface area contributed by atoms with E-state index in [9.17, 15) is 9.65 Å². The zero-order valence-corrected chi connectivity index (χ0v) is 26.3. The maximum absolute atomic E-state index is 14.3. The third kappa shape index (κ3) is 4.67. The van der Waals surface area contributed by atoms with E-state index in [2.05, 4.69) is 34.4 Å². The summed E-state index contributed by atoms with van der Waals surface area (Å²) >= 11 is 0. The molecule has 10 nitrogen and oxygen atoms in total. The average molecular weight is 613 g/mol. The molecule has 5 unspecified atom stereocenters. The number of piperazine rings is 1. The molecule has 3 aliphatic carbocycles. The number of nitrogens with two attached hydrogens (primary N) is 1. The first-order valence-electron chi connectivity index (χ1n) is 16.4. The molecule has 2 aliphatic heterocycles. The Balaban J connectivity index is 1.21. The smallest absolute Gasteiger partial charge is 0.219 e. The van der Waals surface area contributed by atoms with Gasteiger partial charge in [0, 0.05) is 54.6 Å². The van der Waals surface area contributed by atoms with E-state index >= 15 is 0 Å². The lowest BCUT2D eigenvalue weighted by molar-refractivity contribution is 0.117. The van der Waals surface area contributed by atoms with Crippen LogP contribution >= 0.6 is 0 Å². The van der Waals surface area contributed by atoms with E-state index in [0.717, 1.165) is 86.3 Å². The van der Waals surface area contributed by atoms with Gasteiger partial charge in [-0.3, -0.25) is 4.90 Å². The number of alkyl halides is 1. The van der Waals surface area contributed by atoms with Crippen LogP contribution in [0.25, 0.3) is 11.5 Å². The summed E-state index contributed by atoms with van der Waals surface area (Å²) in [7, 11) is 1.95. The Morgan fingerprint density at radius 2 is 2.04 bits per heavy atom. The molecule has 1 saturated carbocycles. The molecule has 3 N–H and O–H groups in total. The van der Waals surface area contributed by atoms with E-state index in [4.69, 9.17) is 25.0 Å². The van der Waals surface area contributed by atoms with Crippen LogP contribution in [0.4, 0.5) is 15.9 Å². The molecule has 3 fully saturated rings. The quantitative estimate of drug-likeness (QED) is 0.403. The number of likely N-dealkylation sites (N-methyl/N-ethyl adjacent to an activating group) is 1. The van der Waals surface area contributed by atoms with Gasteiger partial charge in [-0.1, -0.05) is 11.2 Å². The highest BCUT2D eigenvalue weighted by Crippen LogP contribution is 2.54. The Hall–Kier alpha value is -3.75. The van der Waals surface area contributed by atoms with Gasteiger partial charge in [-0.05, 0) is 89.5 Å². The Labute approximate surface area is 263 Å². The number of nitrogen functional groups attached to an aromatic ring is 1. The molecule has 45 heavy (non-hydrogen) atoms. The second-order valence-corrected chi connectivity index (χ2v) is 14.2. The van der Waals surface area contributed by atoms with Gasteiger partial charge in [0.25, 0.3) is 0 Å². The number of fused-ring (bicyclic) bond motifs is 4. The molecule has 2 spiro atoms. The van der Waals surface area contributed by atoms with Crippen LogP contribution in [-0.4, -0.2) is 76.6 Å². The SMILES string of the molecule is CC1CN(c2cc(OC(C)C3CC(F)CN3C)nc(-c3noc4c3CCCC43CCc4ccc(N)c(C#N)c43)n2)CC2(CC2)N1. The lowest BCUT2D eigenvalue weighted by atomic mass is 9.68. The van der Waals surface area contributed by atoms with Gasteiger partial charge in [0.05, 0.1) is 11.0 Å². The van der Waals surface area contributed by atoms with Gasteiger partial charge in [0.15, 0.2) is 17.3 Å². The van der Waals surface area contributed by atoms with Crippen molar-refractivity contribution in [1.29, 1.82) is 5.26 Å². The van der Waals surface area contributed by atoms with E-state index < -0.39 is 11.6 Å². The van der Waals surface area contributed by atoms with Crippen LogP contribution in [0.2, 0.25) is 0 Å².